The van der Waals surface area contributed by atoms with Crippen molar-refractivity contribution in [3.63, 3.8) is 0 Å². The first-order valence-electron chi connectivity index (χ1n) is 6.73. The van der Waals surface area contributed by atoms with E-state index in [4.69, 9.17) is 0 Å². The Kier molecular flexibility index (Phi) is 4.16. The lowest BCUT2D eigenvalue weighted by Crippen LogP contribution is -2.30. The van der Waals surface area contributed by atoms with Crippen LogP contribution in [-0.4, -0.2) is 11.5 Å². The van der Waals surface area contributed by atoms with Crippen LogP contribution in [0.5, 0.6) is 0 Å². The van der Waals surface area contributed by atoms with Crippen LogP contribution in [-0.2, 0) is 4.79 Å². The Bertz CT molecular complexity index is 410. The highest BCUT2D eigenvalue weighted by atomic mass is 32.2. The summed E-state index contributed by atoms with van der Waals surface area (Å²) in [7, 11) is 0. The van der Waals surface area contributed by atoms with Crippen LogP contribution in [0.1, 0.15) is 33.6 Å². The van der Waals surface area contributed by atoms with E-state index in [2.05, 4.69) is 45.0 Å². The Morgan fingerprint density at radius 3 is 2.56 bits per heavy atom. The quantitative estimate of drug-likeness (QED) is 0.747. The molecule has 18 heavy (non-hydrogen) atoms. The molecular weight excluding hydrogens is 240 g/mol. The number of ketones is 1. The van der Waals surface area contributed by atoms with Gasteiger partial charge in [0, 0.05) is 22.5 Å². The van der Waals surface area contributed by atoms with E-state index < -0.39 is 0 Å². The summed E-state index contributed by atoms with van der Waals surface area (Å²) in [6.45, 7) is 6.54. The number of hydrogen-bond acceptors (Lipinski definition) is 2. The number of carbonyl (C=O) groups is 1. The van der Waals surface area contributed by atoms with Crippen LogP contribution in [0.25, 0.3) is 0 Å². The summed E-state index contributed by atoms with van der Waals surface area (Å²) >= 11 is 1.91. The molecule has 1 saturated carbocycles. The van der Waals surface area contributed by atoms with Gasteiger partial charge in [-0.25, -0.2) is 0 Å². The zero-order chi connectivity index (χ0) is 13.2. The van der Waals surface area contributed by atoms with Gasteiger partial charge in [-0.1, -0.05) is 39.0 Å². The normalized spacial score (nSPS) is 24.2. The lowest BCUT2D eigenvalue weighted by Gasteiger charge is -2.30. The number of rotatable bonds is 4. The SMILES string of the molecule is CC(CSc1ccccc1)C1CCC(=O)C1(C)C. The molecule has 0 aliphatic heterocycles. The molecule has 0 bridgehead atoms. The molecule has 2 rings (SSSR count). The largest absolute Gasteiger partial charge is 0.299 e. The van der Waals surface area contributed by atoms with Gasteiger partial charge in [0.25, 0.3) is 0 Å². The van der Waals surface area contributed by atoms with E-state index in [0.717, 1.165) is 18.6 Å². The van der Waals surface area contributed by atoms with Gasteiger partial charge in [-0.15, -0.1) is 11.8 Å². The third-order valence-corrected chi connectivity index (χ3v) is 5.57. The first-order chi connectivity index (χ1) is 8.51. The van der Waals surface area contributed by atoms with Gasteiger partial charge in [0.2, 0.25) is 0 Å². The zero-order valence-corrected chi connectivity index (χ0v) is 12.3. The van der Waals surface area contributed by atoms with Crippen LogP contribution in [0.2, 0.25) is 0 Å². The average molecular weight is 262 g/mol. The highest BCUT2D eigenvalue weighted by molar-refractivity contribution is 7.99. The van der Waals surface area contributed by atoms with Crippen molar-refractivity contribution in [2.24, 2.45) is 17.3 Å². The number of benzene rings is 1. The van der Waals surface area contributed by atoms with E-state index >= 15 is 0 Å². The molecule has 0 N–H and O–H groups in total. The minimum absolute atomic E-state index is 0.114. The highest BCUT2D eigenvalue weighted by Crippen LogP contribution is 2.45. The fourth-order valence-corrected chi connectivity index (χ4v) is 4.07. The molecule has 0 spiro atoms. The summed E-state index contributed by atoms with van der Waals surface area (Å²) in [5.74, 6) is 2.69. The van der Waals surface area contributed by atoms with Crippen molar-refractivity contribution >= 4 is 17.5 Å². The van der Waals surface area contributed by atoms with E-state index in [9.17, 15) is 4.79 Å². The van der Waals surface area contributed by atoms with Gasteiger partial charge in [-0.2, -0.15) is 0 Å². The minimum atomic E-state index is -0.114. The maximum absolute atomic E-state index is 11.9. The Hall–Kier alpha value is -0.760. The highest BCUT2D eigenvalue weighted by Gasteiger charge is 2.44. The van der Waals surface area contributed by atoms with E-state index in [-0.39, 0.29) is 5.41 Å². The predicted molar refractivity (Wildman–Crippen MR) is 77.8 cm³/mol. The van der Waals surface area contributed by atoms with Crippen LogP contribution in [0.4, 0.5) is 0 Å². The molecular formula is C16H22OS. The van der Waals surface area contributed by atoms with E-state index in [1.807, 2.05) is 17.8 Å². The van der Waals surface area contributed by atoms with Crippen LogP contribution in [0.3, 0.4) is 0 Å². The maximum atomic E-state index is 11.9. The second-order valence-electron chi connectivity index (χ2n) is 5.89. The molecule has 2 heteroatoms. The molecule has 0 aromatic heterocycles. The minimum Gasteiger partial charge on any atom is -0.299 e. The Labute approximate surface area is 114 Å². The number of hydrogen-bond donors (Lipinski definition) is 0. The molecule has 2 unspecified atom stereocenters. The summed E-state index contributed by atoms with van der Waals surface area (Å²) in [4.78, 5) is 13.2. The standard InChI is InChI=1S/C16H22OS/c1-12(11-18-13-7-5-4-6-8-13)14-9-10-15(17)16(14,2)3/h4-8,12,14H,9-11H2,1-3H3. The molecule has 1 fully saturated rings. The third kappa shape index (κ3) is 2.80. The maximum Gasteiger partial charge on any atom is 0.138 e. The van der Waals surface area contributed by atoms with Gasteiger partial charge in [0.1, 0.15) is 5.78 Å². The molecule has 98 valence electrons. The van der Waals surface area contributed by atoms with E-state index in [1.165, 1.54) is 4.90 Å². The number of thioether (sulfide) groups is 1. The second kappa shape index (κ2) is 5.48. The van der Waals surface area contributed by atoms with Crippen LogP contribution in [0.15, 0.2) is 35.2 Å². The van der Waals surface area contributed by atoms with Gasteiger partial charge < -0.3 is 0 Å². The molecule has 0 heterocycles. The topological polar surface area (TPSA) is 17.1 Å². The fourth-order valence-electron chi connectivity index (χ4n) is 3.03. The van der Waals surface area contributed by atoms with Crippen LogP contribution in [0, 0.1) is 17.3 Å². The van der Waals surface area contributed by atoms with Gasteiger partial charge >= 0.3 is 0 Å². The van der Waals surface area contributed by atoms with Crippen molar-refractivity contribution in [2.45, 2.75) is 38.5 Å². The van der Waals surface area contributed by atoms with Crippen molar-refractivity contribution in [3.8, 4) is 0 Å². The molecule has 1 aliphatic carbocycles. The van der Waals surface area contributed by atoms with E-state index in [1.54, 1.807) is 0 Å². The van der Waals surface area contributed by atoms with E-state index in [0.29, 0.717) is 17.6 Å². The fraction of sp³-hybridized carbons (Fsp3) is 0.562. The van der Waals surface area contributed by atoms with Crippen molar-refractivity contribution in [2.75, 3.05) is 5.75 Å². The molecule has 1 aromatic carbocycles. The summed E-state index contributed by atoms with van der Waals surface area (Å²) in [5, 5.41) is 0. The Morgan fingerprint density at radius 2 is 2.00 bits per heavy atom. The lowest BCUT2D eigenvalue weighted by atomic mass is 9.75. The van der Waals surface area contributed by atoms with Crippen molar-refractivity contribution in [1.29, 1.82) is 0 Å². The van der Waals surface area contributed by atoms with Crippen molar-refractivity contribution in [3.05, 3.63) is 30.3 Å². The molecule has 1 nitrogen and oxygen atoms in total. The summed E-state index contributed by atoms with van der Waals surface area (Å²) in [6.07, 6.45) is 1.85. The van der Waals surface area contributed by atoms with Gasteiger partial charge in [-0.3, -0.25) is 4.79 Å². The van der Waals surface area contributed by atoms with Gasteiger partial charge in [0.15, 0.2) is 0 Å². The Balaban J connectivity index is 1.93. The molecule has 1 aliphatic rings. The third-order valence-electron chi connectivity index (χ3n) is 4.27. The van der Waals surface area contributed by atoms with Crippen LogP contribution >= 0.6 is 11.8 Å². The zero-order valence-electron chi connectivity index (χ0n) is 11.5. The number of Topliss-reactive ketones (excluding diaryl/α,β-unsaturated/α-hetero) is 1. The molecule has 0 radical (unpaired) electrons. The van der Waals surface area contributed by atoms with Crippen molar-refractivity contribution < 1.29 is 4.79 Å². The predicted octanol–water partition coefficient (Wildman–Crippen LogP) is 4.42. The lowest BCUT2D eigenvalue weighted by molar-refractivity contribution is -0.125. The first kappa shape index (κ1) is 13.7. The molecule has 0 amide bonds. The summed E-state index contributed by atoms with van der Waals surface area (Å²) < 4.78 is 0. The average Bonchev–Trinajstić information content (AvgIpc) is 2.63. The van der Waals surface area contributed by atoms with Crippen LogP contribution < -0.4 is 0 Å². The summed E-state index contributed by atoms with van der Waals surface area (Å²) in [5.41, 5.74) is -0.114. The summed E-state index contributed by atoms with van der Waals surface area (Å²) in [6, 6.07) is 10.5. The number of carbonyl (C=O) groups excluding carboxylic acids is 1. The molecule has 0 saturated heterocycles. The Morgan fingerprint density at radius 1 is 1.33 bits per heavy atom. The smallest absolute Gasteiger partial charge is 0.138 e. The molecule has 2 atom stereocenters. The first-order valence-corrected chi connectivity index (χ1v) is 7.71. The van der Waals surface area contributed by atoms with Crippen molar-refractivity contribution in [1.82, 2.24) is 0 Å². The monoisotopic (exact) mass is 262 g/mol. The molecule has 1 aromatic rings. The van der Waals surface area contributed by atoms with Gasteiger partial charge in [0.05, 0.1) is 0 Å². The van der Waals surface area contributed by atoms with Gasteiger partial charge in [-0.05, 0) is 30.4 Å². The second-order valence-corrected chi connectivity index (χ2v) is 6.98.